The maximum absolute atomic E-state index is 12.3. The van der Waals surface area contributed by atoms with Gasteiger partial charge in [-0.05, 0) is 49.4 Å². The number of hydrogen-bond donors (Lipinski definition) is 2. The highest BCUT2D eigenvalue weighted by Crippen LogP contribution is 2.50. The third kappa shape index (κ3) is 3.97. The van der Waals surface area contributed by atoms with Gasteiger partial charge in [0.1, 0.15) is 0 Å². The summed E-state index contributed by atoms with van der Waals surface area (Å²) >= 11 is 0. The van der Waals surface area contributed by atoms with Gasteiger partial charge in [0.25, 0.3) is 0 Å². The molecule has 0 aromatic carbocycles. The second-order valence-corrected chi connectivity index (χ2v) is 7.85. The van der Waals surface area contributed by atoms with Crippen molar-refractivity contribution in [1.29, 1.82) is 0 Å². The van der Waals surface area contributed by atoms with Crippen LogP contribution in [0.4, 0.5) is 0 Å². The molecule has 4 N–H and O–H groups in total. The van der Waals surface area contributed by atoms with E-state index in [9.17, 15) is 4.79 Å². The minimum Gasteiger partial charge on any atom is -0.369 e. The highest BCUT2D eigenvalue weighted by Gasteiger charge is 2.49. The predicted octanol–water partition coefficient (Wildman–Crippen LogP) is 3.31. The van der Waals surface area contributed by atoms with Crippen LogP contribution in [0.25, 0.3) is 0 Å². The van der Waals surface area contributed by atoms with E-state index in [4.69, 9.17) is 11.5 Å². The summed E-state index contributed by atoms with van der Waals surface area (Å²) in [7, 11) is 0. The van der Waals surface area contributed by atoms with Crippen LogP contribution >= 0.6 is 0 Å². The zero-order valence-corrected chi connectivity index (χ0v) is 14.0. The maximum atomic E-state index is 12.3. The van der Waals surface area contributed by atoms with Crippen LogP contribution in [0.2, 0.25) is 0 Å². The van der Waals surface area contributed by atoms with Crippen molar-refractivity contribution in [3.05, 3.63) is 0 Å². The third-order valence-corrected chi connectivity index (χ3v) is 5.09. The van der Waals surface area contributed by atoms with Gasteiger partial charge in [-0.2, -0.15) is 0 Å². The number of nitrogens with two attached hydrogens (primary N) is 2. The number of rotatable bonds is 6. The maximum Gasteiger partial charge on any atom is 0.223 e. The average molecular weight is 282 g/mol. The van der Waals surface area contributed by atoms with Crippen molar-refractivity contribution in [2.45, 2.75) is 72.8 Å². The molecule has 3 heteroatoms. The number of amides is 1. The summed E-state index contributed by atoms with van der Waals surface area (Å²) in [6, 6.07) is 0.0778. The molecule has 1 fully saturated rings. The molecule has 3 nitrogen and oxygen atoms in total. The molecule has 1 aliphatic carbocycles. The highest BCUT2D eigenvalue weighted by molar-refractivity contribution is 5.81. The number of carbonyl (C=O) groups is 1. The van der Waals surface area contributed by atoms with Gasteiger partial charge in [0.2, 0.25) is 5.91 Å². The van der Waals surface area contributed by atoms with Crippen molar-refractivity contribution in [3.63, 3.8) is 0 Å². The summed E-state index contributed by atoms with van der Waals surface area (Å²) in [4.78, 5) is 12.3. The zero-order chi connectivity index (χ0) is 15.5. The van der Waals surface area contributed by atoms with Crippen molar-refractivity contribution < 1.29 is 4.79 Å². The third-order valence-electron chi connectivity index (χ3n) is 5.09. The van der Waals surface area contributed by atoms with Gasteiger partial charge in [-0.15, -0.1) is 0 Å². The van der Waals surface area contributed by atoms with Crippen molar-refractivity contribution in [2.24, 2.45) is 40.6 Å². The van der Waals surface area contributed by atoms with Crippen LogP contribution in [0.3, 0.4) is 0 Å². The first kappa shape index (κ1) is 17.5. The molecule has 0 aromatic rings. The van der Waals surface area contributed by atoms with Crippen molar-refractivity contribution >= 4 is 5.91 Å². The van der Waals surface area contributed by atoms with E-state index in [-0.39, 0.29) is 17.4 Å². The molecule has 3 unspecified atom stereocenters. The SMILES string of the molecule is CC(C)C[C@H](N)CC1(C(N)=O)CC(C)CCC1C(C)C. The lowest BCUT2D eigenvalue weighted by atomic mass is 9.57. The molecule has 1 saturated carbocycles. The Morgan fingerprint density at radius 2 is 1.85 bits per heavy atom. The van der Waals surface area contributed by atoms with E-state index < -0.39 is 0 Å². The Kier molecular flexibility index (Phi) is 6.06. The largest absolute Gasteiger partial charge is 0.369 e. The Morgan fingerprint density at radius 3 is 2.30 bits per heavy atom. The molecule has 1 amide bonds. The number of hydrogen-bond acceptors (Lipinski definition) is 2. The summed E-state index contributed by atoms with van der Waals surface area (Å²) in [6.07, 6.45) is 4.95. The molecule has 0 saturated heterocycles. The molecule has 118 valence electrons. The zero-order valence-electron chi connectivity index (χ0n) is 14.0. The minimum atomic E-state index is -0.389. The Labute approximate surface area is 124 Å². The fourth-order valence-electron chi connectivity index (χ4n) is 4.36. The lowest BCUT2D eigenvalue weighted by molar-refractivity contribution is -0.137. The van der Waals surface area contributed by atoms with Crippen LogP contribution < -0.4 is 11.5 Å². The molecule has 1 aliphatic rings. The van der Waals surface area contributed by atoms with E-state index in [1.54, 1.807) is 0 Å². The predicted molar refractivity (Wildman–Crippen MR) is 85.0 cm³/mol. The standard InChI is InChI=1S/C17H34N2O/c1-11(2)8-14(18)10-17(16(19)20)9-13(5)6-7-15(17)12(3)4/h11-15H,6-10,18H2,1-5H3,(H2,19,20)/t13?,14-,15?,17?/m0/s1. The summed E-state index contributed by atoms with van der Waals surface area (Å²) in [5, 5.41) is 0. The van der Waals surface area contributed by atoms with E-state index in [1.165, 1.54) is 6.42 Å². The Hall–Kier alpha value is -0.570. The topological polar surface area (TPSA) is 69.1 Å². The molecule has 0 aromatic heterocycles. The summed E-state index contributed by atoms with van der Waals surface area (Å²) in [5.74, 6) is 1.88. The molecular formula is C17H34N2O. The van der Waals surface area contributed by atoms with E-state index in [2.05, 4.69) is 34.6 Å². The molecule has 0 bridgehead atoms. The molecule has 20 heavy (non-hydrogen) atoms. The van der Waals surface area contributed by atoms with Crippen LogP contribution in [0.1, 0.15) is 66.7 Å². The van der Waals surface area contributed by atoms with Gasteiger partial charge in [0.05, 0.1) is 5.41 Å². The molecule has 0 aliphatic heterocycles. The van der Waals surface area contributed by atoms with Gasteiger partial charge in [0.15, 0.2) is 0 Å². The Morgan fingerprint density at radius 1 is 1.25 bits per heavy atom. The first-order valence-electron chi connectivity index (χ1n) is 8.24. The molecule has 0 heterocycles. The first-order valence-corrected chi connectivity index (χ1v) is 8.24. The average Bonchev–Trinajstić information content (AvgIpc) is 2.26. The minimum absolute atomic E-state index is 0.0778. The van der Waals surface area contributed by atoms with Gasteiger partial charge in [-0.3, -0.25) is 4.79 Å². The van der Waals surface area contributed by atoms with Crippen molar-refractivity contribution in [3.8, 4) is 0 Å². The lowest BCUT2D eigenvalue weighted by Crippen LogP contribution is -2.51. The molecule has 4 atom stereocenters. The summed E-state index contributed by atoms with van der Waals surface area (Å²) in [5.41, 5.74) is 11.8. The summed E-state index contributed by atoms with van der Waals surface area (Å²) < 4.78 is 0. The Balaban J connectivity index is 2.99. The van der Waals surface area contributed by atoms with Gasteiger partial charge in [-0.25, -0.2) is 0 Å². The normalized spacial score (nSPS) is 32.6. The van der Waals surface area contributed by atoms with Gasteiger partial charge < -0.3 is 11.5 Å². The molecular weight excluding hydrogens is 248 g/mol. The fraction of sp³-hybridized carbons (Fsp3) is 0.941. The lowest BCUT2D eigenvalue weighted by Gasteiger charge is -2.47. The monoisotopic (exact) mass is 282 g/mol. The Bertz CT molecular complexity index is 327. The van der Waals surface area contributed by atoms with Crippen molar-refractivity contribution in [2.75, 3.05) is 0 Å². The first-order chi connectivity index (χ1) is 9.19. The highest BCUT2D eigenvalue weighted by atomic mass is 16.1. The van der Waals surface area contributed by atoms with E-state index in [0.29, 0.717) is 23.7 Å². The quantitative estimate of drug-likeness (QED) is 0.784. The van der Waals surface area contributed by atoms with Crippen LogP contribution in [0.15, 0.2) is 0 Å². The van der Waals surface area contributed by atoms with E-state index in [0.717, 1.165) is 25.7 Å². The smallest absolute Gasteiger partial charge is 0.223 e. The van der Waals surface area contributed by atoms with Gasteiger partial charge in [-0.1, -0.05) is 41.0 Å². The molecule has 0 radical (unpaired) electrons. The van der Waals surface area contributed by atoms with Crippen molar-refractivity contribution in [1.82, 2.24) is 0 Å². The van der Waals surface area contributed by atoms with Gasteiger partial charge in [0, 0.05) is 6.04 Å². The fourth-order valence-corrected chi connectivity index (χ4v) is 4.36. The van der Waals surface area contributed by atoms with E-state index >= 15 is 0 Å². The van der Waals surface area contributed by atoms with Gasteiger partial charge >= 0.3 is 0 Å². The van der Waals surface area contributed by atoms with Crippen LogP contribution in [0.5, 0.6) is 0 Å². The molecule has 0 spiro atoms. The summed E-state index contributed by atoms with van der Waals surface area (Å²) in [6.45, 7) is 11.0. The second kappa shape index (κ2) is 6.93. The second-order valence-electron chi connectivity index (χ2n) is 7.85. The van der Waals surface area contributed by atoms with Crippen LogP contribution in [0, 0.1) is 29.1 Å². The van der Waals surface area contributed by atoms with Crippen LogP contribution in [-0.2, 0) is 4.79 Å². The number of primary amides is 1. The number of carbonyl (C=O) groups excluding carboxylic acids is 1. The van der Waals surface area contributed by atoms with E-state index in [1.807, 2.05) is 0 Å². The van der Waals surface area contributed by atoms with Crippen LogP contribution in [-0.4, -0.2) is 11.9 Å². The molecule has 1 rings (SSSR count).